The molecule has 3 unspecified atom stereocenters. The van der Waals surface area contributed by atoms with E-state index in [1.54, 1.807) is 0 Å². The molecular formula is C7H12O2. The molecule has 0 bridgehead atoms. The van der Waals surface area contributed by atoms with Gasteiger partial charge in [0.25, 0.3) is 0 Å². The Morgan fingerprint density at radius 2 is 2.22 bits per heavy atom. The Kier molecular flexibility index (Phi) is 1.24. The largest absolute Gasteiger partial charge is 0.368 e. The lowest BCUT2D eigenvalue weighted by Gasteiger charge is -2.08. The first-order valence-electron chi connectivity index (χ1n) is 3.67. The van der Waals surface area contributed by atoms with Crippen LogP contribution in [-0.2, 0) is 4.74 Å². The highest BCUT2D eigenvalue weighted by Crippen LogP contribution is 2.39. The molecule has 1 saturated carbocycles. The lowest BCUT2D eigenvalue weighted by atomic mass is 10.00. The number of hydrogen-bond donors (Lipinski definition) is 1. The van der Waals surface area contributed by atoms with Crippen molar-refractivity contribution < 1.29 is 9.84 Å². The van der Waals surface area contributed by atoms with Gasteiger partial charge in [-0.05, 0) is 18.8 Å². The van der Waals surface area contributed by atoms with Gasteiger partial charge in [0.1, 0.15) is 0 Å². The number of aliphatic hydroxyl groups excluding tert-OH is 1. The third-order valence-electron chi connectivity index (χ3n) is 2.57. The maximum atomic E-state index is 9.18. The lowest BCUT2D eigenvalue weighted by molar-refractivity contribution is -0.0829. The van der Waals surface area contributed by atoms with E-state index >= 15 is 0 Å². The van der Waals surface area contributed by atoms with Gasteiger partial charge in [0.05, 0.1) is 6.61 Å². The van der Waals surface area contributed by atoms with E-state index in [1.807, 2.05) is 0 Å². The molecule has 9 heavy (non-hydrogen) atoms. The van der Waals surface area contributed by atoms with E-state index in [0.717, 1.165) is 6.61 Å². The number of ether oxygens (including phenoxy) is 1. The van der Waals surface area contributed by atoms with Crippen LogP contribution < -0.4 is 0 Å². The molecule has 0 spiro atoms. The molecule has 2 fully saturated rings. The summed E-state index contributed by atoms with van der Waals surface area (Å²) in [5, 5.41) is 9.18. The zero-order valence-corrected chi connectivity index (χ0v) is 5.42. The van der Waals surface area contributed by atoms with Crippen molar-refractivity contribution in [3.8, 4) is 0 Å². The minimum atomic E-state index is -0.433. The number of hydrogen-bond acceptors (Lipinski definition) is 2. The van der Waals surface area contributed by atoms with Crippen molar-refractivity contribution in [1.29, 1.82) is 0 Å². The van der Waals surface area contributed by atoms with Gasteiger partial charge < -0.3 is 9.84 Å². The molecule has 1 aliphatic heterocycles. The molecule has 1 saturated heterocycles. The molecule has 52 valence electrons. The Morgan fingerprint density at radius 1 is 1.33 bits per heavy atom. The highest BCUT2D eigenvalue weighted by molar-refractivity contribution is 4.83. The normalized spacial score (nSPS) is 49.7. The van der Waals surface area contributed by atoms with Gasteiger partial charge in [0.15, 0.2) is 6.29 Å². The average molecular weight is 128 g/mol. The van der Waals surface area contributed by atoms with Gasteiger partial charge in [-0.3, -0.25) is 0 Å². The molecular weight excluding hydrogens is 116 g/mol. The second-order valence-corrected chi connectivity index (χ2v) is 3.08. The highest BCUT2D eigenvalue weighted by atomic mass is 16.6. The van der Waals surface area contributed by atoms with Crippen LogP contribution in [0.5, 0.6) is 0 Å². The van der Waals surface area contributed by atoms with Crippen LogP contribution in [0.4, 0.5) is 0 Å². The van der Waals surface area contributed by atoms with Crippen molar-refractivity contribution in [3.05, 3.63) is 0 Å². The fourth-order valence-electron chi connectivity index (χ4n) is 1.99. The molecule has 2 nitrogen and oxygen atoms in total. The molecule has 3 atom stereocenters. The van der Waals surface area contributed by atoms with E-state index in [-0.39, 0.29) is 0 Å². The Hall–Kier alpha value is -0.0800. The summed E-state index contributed by atoms with van der Waals surface area (Å²) in [5.41, 5.74) is 0. The summed E-state index contributed by atoms with van der Waals surface area (Å²) in [6.07, 6.45) is 3.29. The summed E-state index contributed by atoms with van der Waals surface area (Å²) < 4.78 is 5.08. The molecule has 2 heteroatoms. The van der Waals surface area contributed by atoms with Gasteiger partial charge in [-0.25, -0.2) is 0 Å². The molecule has 0 amide bonds. The minimum absolute atomic E-state index is 0.433. The third kappa shape index (κ3) is 0.775. The Morgan fingerprint density at radius 3 is 3.00 bits per heavy atom. The standard InChI is InChI=1S/C7H12O2/c8-7-6-3-1-2-5(6)4-9-7/h5-8H,1-4H2. The number of aliphatic hydroxyl groups is 1. The lowest BCUT2D eigenvalue weighted by Crippen LogP contribution is -2.14. The summed E-state index contributed by atoms with van der Waals surface area (Å²) >= 11 is 0. The zero-order valence-electron chi connectivity index (χ0n) is 5.42. The fraction of sp³-hybridized carbons (Fsp3) is 1.00. The molecule has 1 N–H and O–H groups in total. The predicted molar refractivity (Wildman–Crippen MR) is 32.8 cm³/mol. The van der Waals surface area contributed by atoms with E-state index in [1.165, 1.54) is 19.3 Å². The first kappa shape index (κ1) is 5.69. The molecule has 2 aliphatic rings. The van der Waals surface area contributed by atoms with Crippen molar-refractivity contribution in [2.45, 2.75) is 25.6 Å². The van der Waals surface area contributed by atoms with Gasteiger partial charge >= 0.3 is 0 Å². The molecule has 1 heterocycles. The van der Waals surface area contributed by atoms with Gasteiger partial charge in [0, 0.05) is 5.92 Å². The number of rotatable bonds is 0. The van der Waals surface area contributed by atoms with Crippen molar-refractivity contribution in [1.82, 2.24) is 0 Å². The average Bonchev–Trinajstić information content (AvgIpc) is 2.35. The highest BCUT2D eigenvalue weighted by Gasteiger charge is 2.38. The van der Waals surface area contributed by atoms with Gasteiger partial charge in [-0.1, -0.05) is 6.42 Å². The SMILES string of the molecule is OC1OCC2CCCC21. The van der Waals surface area contributed by atoms with Crippen molar-refractivity contribution in [2.75, 3.05) is 6.61 Å². The maximum Gasteiger partial charge on any atom is 0.157 e. The minimum Gasteiger partial charge on any atom is -0.368 e. The van der Waals surface area contributed by atoms with E-state index in [9.17, 15) is 5.11 Å². The summed E-state index contributed by atoms with van der Waals surface area (Å²) in [7, 11) is 0. The predicted octanol–water partition coefficient (Wildman–Crippen LogP) is 0.751. The zero-order chi connectivity index (χ0) is 6.27. The molecule has 0 aromatic rings. The summed E-state index contributed by atoms with van der Waals surface area (Å²) in [6, 6.07) is 0. The first-order valence-corrected chi connectivity index (χ1v) is 3.67. The second kappa shape index (κ2) is 1.96. The Balaban J connectivity index is 2.07. The van der Waals surface area contributed by atoms with Crippen LogP contribution >= 0.6 is 0 Å². The topological polar surface area (TPSA) is 29.5 Å². The molecule has 0 aromatic carbocycles. The van der Waals surface area contributed by atoms with Crippen molar-refractivity contribution in [2.24, 2.45) is 11.8 Å². The Bertz CT molecular complexity index is 113. The summed E-state index contributed by atoms with van der Waals surface area (Å²) in [4.78, 5) is 0. The fourth-order valence-corrected chi connectivity index (χ4v) is 1.99. The molecule has 1 aliphatic carbocycles. The molecule has 0 radical (unpaired) electrons. The number of fused-ring (bicyclic) bond motifs is 1. The van der Waals surface area contributed by atoms with Crippen LogP contribution in [0.2, 0.25) is 0 Å². The molecule has 0 aromatic heterocycles. The van der Waals surface area contributed by atoms with Crippen LogP contribution in [0.3, 0.4) is 0 Å². The van der Waals surface area contributed by atoms with Gasteiger partial charge in [-0.15, -0.1) is 0 Å². The van der Waals surface area contributed by atoms with E-state index < -0.39 is 6.29 Å². The van der Waals surface area contributed by atoms with Gasteiger partial charge in [0.2, 0.25) is 0 Å². The van der Waals surface area contributed by atoms with Crippen LogP contribution in [0.25, 0.3) is 0 Å². The van der Waals surface area contributed by atoms with Crippen LogP contribution in [-0.4, -0.2) is 18.0 Å². The van der Waals surface area contributed by atoms with Crippen molar-refractivity contribution >= 4 is 0 Å². The quantitative estimate of drug-likeness (QED) is 0.521. The monoisotopic (exact) mass is 128 g/mol. The summed E-state index contributed by atoms with van der Waals surface area (Å²) in [6.45, 7) is 0.797. The maximum absolute atomic E-state index is 9.18. The van der Waals surface area contributed by atoms with E-state index in [4.69, 9.17) is 4.74 Å². The van der Waals surface area contributed by atoms with Crippen molar-refractivity contribution in [3.63, 3.8) is 0 Å². The smallest absolute Gasteiger partial charge is 0.157 e. The van der Waals surface area contributed by atoms with E-state index in [0.29, 0.717) is 11.8 Å². The second-order valence-electron chi connectivity index (χ2n) is 3.08. The summed E-state index contributed by atoms with van der Waals surface area (Å²) in [5.74, 6) is 1.16. The van der Waals surface area contributed by atoms with Crippen LogP contribution in [0, 0.1) is 11.8 Å². The van der Waals surface area contributed by atoms with Crippen LogP contribution in [0.15, 0.2) is 0 Å². The van der Waals surface area contributed by atoms with E-state index in [2.05, 4.69) is 0 Å². The third-order valence-corrected chi connectivity index (χ3v) is 2.57. The van der Waals surface area contributed by atoms with Crippen LogP contribution in [0.1, 0.15) is 19.3 Å². The van der Waals surface area contributed by atoms with Gasteiger partial charge in [-0.2, -0.15) is 0 Å². The molecule has 2 rings (SSSR count). The Labute approximate surface area is 54.8 Å². The first-order chi connectivity index (χ1) is 4.38.